The van der Waals surface area contributed by atoms with E-state index in [4.69, 9.17) is 9.68 Å². The molecule has 0 spiro atoms. The summed E-state index contributed by atoms with van der Waals surface area (Å²) < 4.78 is 7.12. The smallest absolute Gasteiger partial charge is 0.203 e. The Kier molecular flexibility index (Phi) is 3.58. The van der Waals surface area contributed by atoms with Gasteiger partial charge in [-0.05, 0) is 18.2 Å². The van der Waals surface area contributed by atoms with Crippen LogP contribution in [-0.2, 0) is 20.0 Å². The molecule has 88 valence electrons. The maximum Gasteiger partial charge on any atom is 0.203 e. The number of nitriles is 1. The average molecular weight is 230 g/mol. The first-order valence-corrected chi connectivity index (χ1v) is 5.46. The second-order valence-electron chi connectivity index (χ2n) is 3.75. The van der Waals surface area contributed by atoms with Crippen LogP contribution < -0.4 is 5.32 Å². The van der Waals surface area contributed by atoms with Gasteiger partial charge in [-0.1, -0.05) is 0 Å². The highest BCUT2D eigenvalue weighted by atomic mass is 16.3. The van der Waals surface area contributed by atoms with Crippen LogP contribution in [0.15, 0.2) is 28.8 Å². The molecule has 5 nitrogen and oxygen atoms in total. The molecule has 0 saturated heterocycles. The topological polar surface area (TPSA) is 66.8 Å². The third kappa shape index (κ3) is 2.95. The second-order valence-corrected chi connectivity index (χ2v) is 3.75. The van der Waals surface area contributed by atoms with Crippen molar-refractivity contribution in [2.45, 2.75) is 13.0 Å². The van der Waals surface area contributed by atoms with Gasteiger partial charge in [0.15, 0.2) is 0 Å². The number of rotatable bonds is 5. The molecule has 0 bridgehead atoms. The molecule has 2 aromatic heterocycles. The van der Waals surface area contributed by atoms with Crippen LogP contribution in [-0.4, -0.2) is 16.3 Å². The number of nitrogens with zero attached hydrogens (tertiary/aromatic N) is 3. The molecule has 0 aliphatic rings. The third-order valence-electron chi connectivity index (χ3n) is 2.55. The summed E-state index contributed by atoms with van der Waals surface area (Å²) in [6.45, 7) is 1.49. The van der Waals surface area contributed by atoms with E-state index in [1.807, 2.05) is 29.9 Å². The molecule has 5 heteroatoms. The van der Waals surface area contributed by atoms with Gasteiger partial charge in [0.2, 0.25) is 5.76 Å². The summed E-state index contributed by atoms with van der Waals surface area (Å²) in [6.07, 6.45) is 2.71. The monoisotopic (exact) mass is 230 g/mol. The van der Waals surface area contributed by atoms with Gasteiger partial charge in [-0.25, -0.2) is 0 Å². The first-order valence-electron chi connectivity index (χ1n) is 5.46. The molecule has 0 atom stereocenters. The molecule has 0 radical (unpaired) electrons. The Balaban J connectivity index is 1.73. The van der Waals surface area contributed by atoms with Gasteiger partial charge < -0.3 is 9.73 Å². The fraction of sp³-hybridized carbons (Fsp3) is 0.333. The van der Waals surface area contributed by atoms with E-state index in [1.54, 1.807) is 12.3 Å². The van der Waals surface area contributed by atoms with Crippen LogP contribution in [0.1, 0.15) is 17.2 Å². The van der Waals surface area contributed by atoms with Crippen LogP contribution in [0.25, 0.3) is 0 Å². The number of furan rings is 1. The van der Waals surface area contributed by atoms with Crippen LogP contribution in [0.3, 0.4) is 0 Å². The quantitative estimate of drug-likeness (QED) is 0.784. The van der Waals surface area contributed by atoms with Gasteiger partial charge in [0.25, 0.3) is 0 Å². The van der Waals surface area contributed by atoms with Gasteiger partial charge in [-0.15, -0.1) is 0 Å². The Morgan fingerprint density at radius 2 is 2.35 bits per heavy atom. The average Bonchev–Trinajstić information content (AvgIpc) is 2.94. The zero-order valence-electron chi connectivity index (χ0n) is 9.68. The molecule has 17 heavy (non-hydrogen) atoms. The Morgan fingerprint density at radius 3 is 3.00 bits per heavy atom. The van der Waals surface area contributed by atoms with Gasteiger partial charge in [0, 0.05) is 31.9 Å². The fourth-order valence-corrected chi connectivity index (χ4v) is 1.61. The Hall–Kier alpha value is -2.06. The third-order valence-corrected chi connectivity index (χ3v) is 2.55. The Bertz CT molecular complexity index is 521. The van der Waals surface area contributed by atoms with Crippen molar-refractivity contribution < 1.29 is 4.42 Å². The van der Waals surface area contributed by atoms with E-state index in [2.05, 4.69) is 10.4 Å². The van der Waals surface area contributed by atoms with Crippen molar-refractivity contribution >= 4 is 0 Å². The van der Waals surface area contributed by atoms with Crippen molar-refractivity contribution in [2.24, 2.45) is 7.05 Å². The Morgan fingerprint density at radius 1 is 1.47 bits per heavy atom. The zero-order valence-corrected chi connectivity index (χ0v) is 9.68. The molecule has 2 rings (SSSR count). The molecule has 1 N–H and O–H groups in total. The van der Waals surface area contributed by atoms with E-state index in [1.165, 1.54) is 5.69 Å². The molecule has 2 heterocycles. The van der Waals surface area contributed by atoms with E-state index in [9.17, 15) is 0 Å². The van der Waals surface area contributed by atoms with Crippen LogP contribution in [0, 0.1) is 11.3 Å². The van der Waals surface area contributed by atoms with Crippen LogP contribution in [0.2, 0.25) is 0 Å². The molecule has 0 aromatic carbocycles. The SMILES string of the molecule is Cn1nccc1CCNCc1ccc(C#N)o1. The number of aryl methyl sites for hydroxylation is 1. The van der Waals surface area contributed by atoms with E-state index < -0.39 is 0 Å². The van der Waals surface area contributed by atoms with Crippen molar-refractivity contribution in [3.05, 3.63) is 41.6 Å². The van der Waals surface area contributed by atoms with Gasteiger partial charge >= 0.3 is 0 Å². The minimum Gasteiger partial charge on any atom is -0.449 e. The molecule has 0 saturated carbocycles. The standard InChI is InChI=1S/C12H14N4O/c1-16-10(5-7-15-16)4-6-14-9-12-3-2-11(8-13)17-12/h2-3,5,7,14H,4,6,9H2,1H3. The summed E-state index contributed by atoms with van der Waals surface area (Å²) in [5.41, 5.74) is 1.19. The molecule has 2 aromatic rings. The van der Waals surface area contributed by atoms with E-state index >= 15 is 0 Å². The highest BCUT2D eigenvalue weighted by Gasteiger charge is 2.01. The summed E-state index contributed by atoms with van der Waals surface area (Å²) in [5.74, 6) is 1.14. The highest BCUT2D eigenvalue weighted by molar-refractivity contribution is 5.18. The van der Waals surface area contributed by atoms with Crippen LogP contribution in [0.5, 0.6) is 0 Å². The van der Waals surface area contributed by atoms with E-state index in [-0.39, 0.29) is 0 Å². The van der Waals surface area contributed by atoms with Crippen LogP contribution in [0.4, 0.5) is 0 Å². The van der Waals surface area contributed by atoms with Crippen molar-refractivity contribution in [2.75, 3.05) is 6.54 Å². The number of nitrogens with one attached hydrogen (secondary N) is 1. The number of aromatic nitrogens is 2. The predicted molar refractivity (Wildman–Crippen MR) is 62.0 cm³/mol. The summed E-state index contributed by atoms with van der Waals surface area (Å²) in [5, 5.41) is 16.0. The zero-order chi connectivity index (χ0) is 12.1. The van der Waals surface area contributed by atoms with Gasteiger partial charge in [0.05, 0.1) is 6.54 Å². The molecule has 0 aliphatic carbocycles. The van der Waals surface area contributed by atoms with Crippen LogP contribution >= 0.6 is 0 Å². The van der Waals surface area contributed by atoms with Crippen molar-refractivity contribution in [3.8, 4) is 6.07 Å². The molecule has 0 fully saturated rings. The van der Waals surface area contributed by atoms with Gasteiger partial charge in [-0.2, -0.15) is 10.4 Å². The van der Waals surface area contributed by atoms with E-state index in [0.717, 1.165) is 18.7 Å². The lowest BCUT2D eigenvalue weighted by atomic mass is 10.3. The molecule has 0 amide bonds. The van der Waals surface area contributed by atoms with E-state index in [0.29, 0.717) is 12.3 Å². The number of hydrogen-bond acceptors (Lipinski definition) is 4. The lowest BCUT2D eigenvalue weighted by Gasteiger charge is -2.03. The first-order chi connectivity index (χ1) is 8.29. The maximum absolute atomic E-state index is 8.60. The highest BCUT2D eigenvalue weighted by Crippen LogP contribution is 2.05. The molecule has 0 aliphatic heterocycles. The predicted octanol–water partition coefficient (Wildman–Crippen LogP) is 1.22. The van der Waals surface area contributed by atoms with Gasteiger partial charge in [-0.3, -0.25) is 4.68 Å². The molecular weight excluding hydrogens is 216 g/mol. The van der Waals surface area contributed by atoms with Gasteiger partial charge in [0.1, 0.15) is 11.8 Å². The normalized spacial score (nSPS) is 10.4. The van der Waals surface area contributed by atoms with Crippen molar-refractivity contribution in [1.82, 2.24) is 15.1 Å². The lowest BCUT2D eigenvalue weighted by molar-refractivity contribution is 0.474. The summed E-state index contributed by atoms with van der Waals surface area (Å²) in [4.78, 5) is 0. The summed E-state index contributed by atoms with van der Waals surface area (Å²) in [6, 6.07) is 7.46. The van der Waals surface area contributed by atoms with Crippen molar-refractivity contribution in [1.29, 1.82) is 5.26 Å². The van der Waals surface area contributed by atoms with Crippen molar-refractivity contribution in [3.63, 3.8) is 0 Å². The fourth-order valence-electron chi connectivity index (χ4n) is 1.61. The lowest BCUT2D eigenvalue weighted by Crippen LogP contribution is -2.17. The molecule has 0 unspecified atom stereocenters. The molecular formula is C12H14N4O. The second kappa shape index (κ2) is 5.32. The maximum atomic E-state index is 8.60. The largest absolute Gasteiger partial charge is 0.449 e. The summed E-state index contributed by atoms with van der Waals surface area (Å²) in [7, 11) is 1.93. The summed E-state index contributed by atoms with van der Waals surface area (Å²) >= 11 is 0. The number of hydrogen-bond donors (Lipinski definition) is 1. The first kappa shape index (κ1) is 11.4. The Labute approximate surface area is 99.7 Å². The minimum absolute atomic E-state index is 0.355. The minimum atomic E-state index is 0.355.